The van der Waals surface area contributed by atoms with Crippen LogP contribution < -0.4 is 5.32 Å². The van der Waals surface area contributed by atoms with Gasteiger partial charge in [-0.05, 0) is 17.7 Å². The molecule has 0 amide bonds. The van der Waals surface area contributed by atoms with E-state index in [0.717, 1.165) is 10.0 Å². The van der Waals surface area contributed by atoms with Crippen molar-refractivity contribution in [3.05, 3.63) is 52.6 Å². The fourth-order valence-corrected chi connectivity index (χ4v) is 3.41. The summed E-state index contributed by atoms with van der Waals surface area (Å²) in [6.07, 6.45) is 1.48. The Balaban J connectivity index is 2.28. The van der Waals surface area contributed by atoms with E-state index >= 15 is 0 Å². The molecule has 2 rings (SSSR count). The molecule has 0 aliphatic rings. The Morgan fingerprint density at radius 3 is 2.67 bits per heavy atom. The zero-order valence-corrected chi connectivity index (χ0v) is 14.1. The predicted molar refractivity (Wildman–Crippen MR) is 86.6 cm³/mol. The molecule has 0 radical (unpaired) electrons. The third kappa shape index (κ3) is 3.61. The van der Waals surface area contributed by atoms with Crippen molar-refractivity contribution < 1.29 is 8.42 Å². The van der Waals surface area contributed by atoms with Crippen molar-refractivity contribution in [2.45, 2.75) is 11.4 Å². The predicted octanol–water partition coefficient (Wildman–Crippen LogP) is 2.71. The largest absolute Gasteiger partial charge is 0.373 e. The number of aromatic nitrogens is 1. The van der Waals surface area contributed by atoms with Gasteiger partial charge in [0.15, 0.2) is 0 Å². The van der Waals surface area contributed by atoms with Crippen LogP contribution in [0.25, 0.3) is 0 Å². The van der Waals surface area contributed by atoms with Crippen molar-refractivity contribution in [3.63, 3.8) is 0 Å². The second-order valence-corrected chi connectivity index (χ2v) is 7.38. The molecule has 0 atom stereocenters. The van der Waals surface area contributed by atoms with E-state index in [9.17, 15) is 8.42 Å². The molecule has 0 aliphatic carbocycles. The first-order chi connectivity index (χ1) is 9.95. The van der Waals surface area contributed by atoms with Gasteiger partial charge in [-0.3, -0.25) is 0 Å². The molecule has 2 aromatic rings. The summed E-state index contributed by atoms with van der Waals surface area (Å²) in [7, 11) is -0.292. The average Bonchev–Trinajstić information content (AvgIpc) is 2.49. The van der Waals surface area contributed by atoms with Crippen LogP contribution in [-0.4, -0.2) is 31.8 Å². The Kier molecular flexibility index (Phi) is 4.97. The lowest BCUT2D eigenvalue weighted by molar-refractivity contribution is 0.466. The molecule has 0 aliphatic heterocycles. The highest BCUT2D eigenvalue weighted by Crippen LogP contribution is 2.22. The van der Waals surface area contributed by atoms with E-state index in [1.807, 2.05) is 24.3 Å². The summed E-state index contributed by atoms with van der Waals surface area (Å²) < 4.78 is 27.4. The molecule has 0 saturated heterocycles. The third-order valence-corrected chi connectivity index (χ3v) is 5.62. The number of nitrogens with one attached hydrogen (secondary N) is 1. The Bertz CT molecular complexity index is 735. The quantitative estimate of drug-likeness (QED) is 0.879. The average molecular weight is 370 g/mol. The summed E-state index contributed by atoms with van der Waals surface area (Å²) >= 11 is 3.43. The first-order valence-corrected chi connectivity index (χ1v) is 8.52. The fraction of sp³-hybridized carbons (Fsp3) is 0.214. The van der Waals surface area contributed by atoms with Crippen LogP contribution in [0.15, 0.2) is 52.0 Å². The van der Waals surface area contributed by atoms with Gasteiger partial charge in [0.25, 0.3) is 0 Å². The summed E-state index contributed by atoms with van der Waals surface area (Å²) in [5.41, 5.74) is 0.909. The first-order valence-electron chi connectivity index (χ1n) is 6.28. The van der Waals surface area contributed by atoms with Gasteiger partial charge >= 0.3 is 0 Å². The number of hydrogen-bond donors (Lipinski definition) is 1. The molecule has 0 fully saturated rings. The maximum Gasteiger partial charge on any atom is 0.243 e. The normalized spacial score (nSPS) is 11.6. The van der Waals surface area contributed by atoms with Crippen LogP contribution in [-0.2, 0) is 16.6 Å². The van der Waals surface area contributed by atoms with Gasteiger partial charge in [-0.15, -0.1) is 0 Å². The van der Waals surface area contributed by atoms with Crippen molar-refractivity contribution in [2.24, 2.45) is 0 Å². The van der Waals surface area contributed by atoms with Crippen LogP contribution in [0.1, 0.15) is 5.56 Å². The molecule has 0 unspecified atom stereocenters. The first kappa shape index (κ1) is 15.9. The summed E-state index contributed by atoms with van der Waals surface area (Å²) in [4.78, 5) is 4.25. The molecule has 0 spiro atoms. The van der Waals surface area contributed by atoms with Gasteiger partial charge in [0.05, 0.1) is 4.90 Å². The second-order valence-electron chi connectivity index (χ2n) is 4.48. The highest BCUT2D eigenvalue weighted by atomic mass is 79.9. The molecule has 1 heterocycles. The van der Waals surface area contributed by atoms with Crippen LogP contribution in [0.3, 0.4) is 0 Å². The van der Waals surface area contributed by atoms with Gasteiger partial charge in [-0.2, -0.15) is 4.31 Å². The van der Waals surface area contributed by atoms with Crippen molar-refractivity contribution in [3.8, 4) is 0 Å². The Morgan fingerprint density at radius 2 is 2.00 bits per heavy atom. The molecule has 21 heavy (non-hydrogen) atoms. The van der Waals surface area contributed by atoms with Gasteiger partial charge in [-0.1, -0.05) is 34.1 Å². The minimum Gasteiger partial charge on any atom is -0.373 e. The lowest BCUT2D eigenvalue weighted by Crippen LogP contribution is -2.26. The van der Waals surface area contributed by atoms with Crippen molar-refractivity contribution >= 4 is 31.8 Å². The SMILES string of the molecule is CNc1cc(S(=O)(=O)N(C)Cc2ccccc2Br)ccn1. The summed E-state index contributed by atoms with van der Waals surface area (Å²) in [6.45, 7) is 0.293. The lowest BCUT2D eigenvalue weighted by atomic mass is 10.2. The zero-order chi connectivity index (χ0) is 15.5. The van der Waals surface area contributed by atoms with Gasteiger partial charge < -0.3 is 5.32 Å². The van der Waals surface area contributed by atoms with Crippen LogP contribution in [0, 0.1) is 0 Å². The minimum atomic E-state index is -3.55. The number of anilines is 1. The molecule has 1 N–H and O–H groups in total. The van der Waals surface area contributed by atoms with Crippen molar-refractivity contribution in [1.82, 2.24) is 9.29 Å². The van der Waals surface area contributed by atoms with E-state index in [2.05, 4.69) is 26.2 Å². The highest BCUT2D eigenvalue weighted by Gasteiger charge is 2.22. The summed E-state index contributed by atoms with van der Waals surface area (Å²) in [6, 6.07) is 10.6. The van der Waals surface area contributed by atoms with Crippen molar-refractivity contribution in [1.29, 1.82) is 0 Å². The topological polar surface area (TPSA) is 62.3 Å². The highest BCUT2D eigenvalue weighted by molar-refractivity contribution is 9.10. The summed E-state index contributed by atoms with van der Waals surface area (Å²) in [5, 5.41) is 2.84. The molecule has 112 valence electrons. The maximum atomic E-state index is 12.6. The number of hydrogen-bond acceptors (Lipinski definition) is 4. The number of sulfonamides is 1. The van der Waals surface area contributed by atoms with E-state index in [1.165, 1.54) is 22.6 Å². The van der Waals surface area contributed by atoms with Crippen LogP contribution in [0.5, 0.6) is 0 Å². The van der Waals surface area contributed by atoms with E-state index in [1.54, 1.807) is 14.1 Å². The molecular formula is C14H16BrN3O2S. The van der Waals surface area contributed by atoms with Crippen molar-refractivity contribution in [2.75, 3.05) is 19.4 Å². The summed E-state index contributed by atoms with van der Waals surface area (Å²) in [5.74, 6) is 0.519. The lowest BCUT2D eigenvalue weighted by Gasteiger charge is -2.18. The molecule has 5 nitrogen and oxygen atoms in total. The Hall–Kier alpha value is -1.44. The van der Waals surface area contributed by atoms with E-state index in [0.29, 0.717) is 12.4 Å². The van der Waals surface area contributed by atoms with Gasteiger partial charge in [0, 0.05) is 37.4 Å². The Morgan fingerprint density at radius 1 is 1.29 bits per heavy atom. The van der Waals surface area contributed by atoms with E-state index in [-0.39, 0.29) is 4.90 Å². The second kappa shape index (κ2) is 6.55. The number of rotatable bonds is 5. The number of nitrogens with zero attached hydrogens (tertiary/aromatic N) is 2. The van der Waals surface area contributed by atoms with E-state index < -0.39 is 10.0 Å². The van der Waals surface area contributed by atoms with E-state index in [4.69, 9.17) is 0 Å². The molecule has 0 saturated carbocycles. The van der Waals surface area contributed by atoms with Crippen LogP contribution in [0.4, 0.5) is 5.82 Å². The van der Waals surface area contributed by atoms with Gasteiger partial charge in [0.2, 0.25) is 10.0 Å². The molecular weight excluding hydrogens is 354 g/mol. The van der Waals surface area contributed by atoms with Crippen LogP contribution in [0.2, 0.25) is 0 Å². The zero-order valence-electron chi connectivity index (χ0n) is 11.7. The minimum absolute atomic E-state index is 0.219. The number of pyridine rings is 1. The fourth-order valence-electron chi connectivity index (χ4n) is 1.84. The molecule has 1 aromatic carbocycles. The number of halogens is 1. The van der Waals surface area contributed by atoms with Crippen LogP contribution >= 0.6 is 15.9 Å². The van der Waals surface area contributed by atoms with Gasteiger partial charge in [0.1, 0.15) is 5.82 Å². The molecule has 1 aromatic heterocycles. The monoisotopic (exact) mass is 369 g/mol. The standard InChI is InChI=1S/C14H16BrN3O2S/c1-16-14-9-12(7-8-17-14)21(19,20)18(2)10-11-5-3-4-6-13(11)15/h3-9H,10H2,1-2H3,(H,16,17). The third-order valence-electron chi connectivity index (χ3n) is 3.05. The van der Waals surface area contributed by atoms with Gasteiger partial charge in [-0.25, -0.2) is 13.4 Å². The number of benzene rings is 1. The smallest absolute Gasteiger partial charge is 0.243 e. The molecule has 0 bridgehead atoms. The Labute approximate surface area is 133 Å². The molecule has 7 heteroatoms. The maximum absolute atomic E-state index is 12.6.